The van der Waals surface area contributed by atoms with Crippen molar-refractivity contribution in [2.45, 2.75) is 38.8 Å². The van der Waals surface area contributed by atoms with E-state index in [0.717, 1.165) is 12.1 Å². The van der Waals surface area contributed by atoms with Crippen LogP contribution in [0, 0.1) is 0 Å². The van der Waals surface area contributed by atoms with Gasteiger partial charge in [-0.1, -0.05) is 13.8 Å². The van der Waals surface area contributed by atoms with Gasteiger partial charge < -0.3 is 14.7 Å². The van der Waals surface area contributed by atoms with E-state index in [1.165, 1.54) is 65.2 Å². The van der Waals surface area contributed by atoms with Crippen LogP contribution in [0.3, 0.4) is 0 Å². The number of rotatable bonds is 2. The Balaban J connectivity index is 0.000000151. The fourth-order valence-electron chi connectivity index (χ4n) is 3.88. The van der Waals surface area contributed by atoms with E-state index < -0.39 is 0 Å². The Bertz CT molecular complexity index is 262. The summed E-state index contributed by atoms with van der Waals surface area (Å²) in [6.45, 7) is 14.6. The zero-order chi connectivity index (χ0) is 14.5. The third-order valence-corrected chi connectivity index (χ3v) is 5.22. The molecule has 4 nitrogen and oxygen atoms in total. The number of fused-ring (bicyclic) bond motifs is 2. The van der Waals surface area contributed by atoms with Crippen molar-refractivity contribution in [3.63, 3.8) is 0 Å². The summed E-state index contributed by atoms with van der Waals surface area (Å²) in [7, 11) is 4.44. The molecule has 0 N–H and O–H groups in total. The van der Waals surface area contributed by atoms with E-state index in [9.17, 15) is 0 Å². The van der Waals surface area contributed by atoms with E-state index in [4.69, 9.17) is 0 Å². The van der Waals surface area contributed by atoms with Crippen molar-refractivity contribution in [2.24, 2.45) is 0 Å². The topological polar surface area (TPSA) is 13.0 Å². The maximum atomic E-state index is 2.68. The Hall–Kier alpha value is -0.160. The summed E-state index contributed by atoms with van der Waals surface area (Å²) in [5.74, 6) is 0. The molecule has 3 aliphatic rings. The molecule has 0 aliphatic carbocycles. The summed E-state index contributed by atoms with van der Waals surface area (Å²) < 4.78 is 0. The van der Waals surface area contributed by atoms with Crippen molar-refractivity contribution in [1.29, 1.82) is 0 Å². The lowest BCUT2D eigenvalue weighted by atomic mass is 10.2. The predicted molar refractivity (Wildman–Crippen MR) is 86.3 cm³/mol. The smallest absolute Gasteiger partial charge is 0.0227 e. The van der Waals surface area contributed by atoms with Gasteiger partial charge in [-0.3, -0.25) is 4.90 Å². The minimum absolute atomic E-state index is 0.878. The average Bonchev–Trinajstić information content (AvgIpc) is 2.71. The minimum atomic E-state index is 0.878. The van der Waals surface area contributed by atoms with Crippen LogP contribution in [0.15, 0.2) is 0 Å². The van der Waals surface area contributed by atoms with Crippen LogP contribution < -0.4 is 0 Å². The zero-order valence-corrected chi connectivity index (χ0v) is 14.0. The SMILES string of the molecule is CCN1C2CCC1CN(C)C2.CCN1CCN(C)CC1. The zero-order valence-electron chi connectivity index (χ0n) is 14.0. The van der Waals surface area contributed by atoms with Crippen LogP contribution in [0.25, 0.3) is 0 Å². The standard InChI is InChI=1S/C9H18N2.C7H16N2/c1-3-11-8-4-5-9(11)7-10(2)6-8;1-3-9-6-4-8(2)5-7-9/h8-9H,3-7H2,1-2H3;3-7H2,1-2H3. The Morgan fingerprint density at radius 2 is 1.30 bits per heavy atom. The van der Waals surface area contributed by atoms with Gasteiger partial charge in [0.25, 0.3) is 0 Å². The number of nitrogens with zero attached hydrogens (tertiary/aromatic N) is 4. The lowest BCUT2D eigenvalue weighted by Gasteiger charge is -2.38. The molecule has 2 bridgehead atoms. The summed E-state index contributed by atoms with van der Waals surface area (Å²) in [5.41, 5.74) is 0. The van der Waals surface area contributed by atoms with Crippen molar-refractivity contribution < 1.29 is 0 Å². The molecule has 0 aromatic rings. The summed E-state index contributed by atoms with van der Waals surface area (Å²) >= 11 is 0. The Labute approximate surface area is 125 Å². The molecule has 2 unspecified atom stereocenters. The molecule has 0 radical (unpaired) electrons. The van der Waals surface area contributed by atoms with Crippen LogP contribution in [0.2, 0.25) is 0 Å². The predicted octanol–water partition coefficient (Wildman–Crippen LogP) is 1.04. The molecule has 3 rings (SSSR count). The largest absolute Gasteiger partial charge is 0.304 e. The van der Waals surface area contributed by atoms with Crippen molar-refractivity contribution in [1.82, 2.24) is 19.6 Å². The maximum absolute atomic E-state index is 2.68. The van der Waals surface area contributed by atoms with E-state index in [-0.39, 0.29) is 0 Å². The van der Waals surface area contributed by atoms with Gasteiger partial charge in [0, 0.05) is 51.4 Å². The van der Waals surface area contributed by atoms with Crippen LogP contribution >= 0.6 is 0 Å². The number of likely N-dealkylation sites (tertiary alicyclic amines) is 1. The van der Waals surface area contributed by atoms with E-state index in [0.29, 0.717) is 0 Å². The molecule has 20 heavy (non-hydrogen) atoms. The Kier molecular flexibility index (Phi) is 6.27. The molecule has 3 heterocycles. The lowest BCUT2D eigenvalue weighted by Crippen LogP contribution is -2.51. The first-order valence-corrected chi connectivity index (χ1v) is 8.49. The number of piperazine rings is 2. The third kappa shape index (κ3) is 4.17. The molecule has 3 fully saturated rings. The Morgan fingerprint density at radius 3 is 1.75 bits per heavy atom. The highest BCUT2D eigenvalue weighted by molar-refractivity contribution is 4.94. The van der Waals surface area contributed by atoms with E-state index in [1.807, 2.05) is 0 Å². The van der Waals surface area contributed by atoms with Gasteiger partial charge in [-0.05, 0) is 40.0 Å². The molecular weight excluding hydrogens is 248 g/mol. The number of hydrogen-bond donors (Lipinski definition) is 0. The lowest BCUT2D eigenvalue weighted by molar-refractivity contribution is 0.0878. The van der Waals surface area contributed by atoms with Crippen molar-refractivity contribution in [3.8, 4) is 0 Å². The van der Waals surface area contributed by atoms with E-state index >= 15 is 0 Å². The monoisotopic (exact) mass is 282 g/mol. The minimum Gasteiger partial charge on any atom is -0.304 e. The molecule has 0 saturated carbocycles. The molecule has 0 aromatic heterocycles. The second kappa shape index (κ2) is 7.74. The van der Waals surface area contributed by atoms with Gasteiger partial charge in [0.05, 0.1) is 0 Å². The molecule has 118 valence electrons. The van der Waals surface area contributed by atoms with Gasteiger partial charge >= 0.3 is 0 Å². The highest BCUT2D eigenvalue weighted by Crippen LogP contribution is 2.28. The first-order valence-electron chi connectivity index (χ1n) is 8.49. The average molecular weight is 282 g/mol. The van der Waals surface area contributed by atoms with Crippen molar-refractivity contribution >= 4 is 0 Å². The van der Waals surface area contributed by atoms with Crippen LogP contribution in [-0.2, 0) is 0 Å². The second-order valence-electron chi connectivity index (χ2n) is 6.67. The molecule has 0 aromatic carbocycles. The first-order chi connectivity index (χ1) is 9.63. The van der Waals surface area contributed by atoms with Gasteiger partial charge in [-0.2, -0.15) is 0 Å². The fraction of sp³-hybridized carbons (Fsp3) is 1.00. The van der Waals surface area contributed by atoms with Crippen LogP contribution in [-0.4, -0.2) is 98.1 Å². The van der Waals surface area contributed by atoms with Gasteiger partial charge in [-0.25, -0.2) is 0 Å². The molecule has 4 heteroatoms. The van der Waals surface area contributed by atoms with Crippen molar-refractivity contribution in [2.75, 3.05) is 66.5 Å². The third-order valence-electron chi connectivity index (χ3n) is 5.22. The van der Waals surface area contributed by atoms with Gasteiger partial charge in [0.1, 0.15) is 0 Å². The van der Waals surface area contributed by atoms with Gasteiger partial charge in [0.15, 0.2) is 0 Å². The van der Waals surface area contributed by atoms with Crippen molar-refractivity contribution in [3.05, 3.63) is 0 Å². The van der Waals surface area contributed by atoms with Gasteiger partial charge in [0.2, 0.25) is 0 Å². The summed E-state index contributed by atoms with van der Waals surface area (Å²) in [6, 6.07) is 1.76. The van der Waals surface area contributed by atoms with Crippen LogP contribution in [0.4, 0.5) is 0 Å². The fourth-order valence-corrected chi connectivity index (χ4v) is 3.88. The molecular formula is C16H34N4. The van der Waals surface area contributed by atoms with E-state index in [2.05, 4.69) is 47.5 Å². The highest BCUT2D eigenvalue weighted by Gasteiger charge is 2.37. The van der Waals surface area contributed by atoms with Crippen LogP contribution in [0.5, 0.6) is 0 Å². The maximum Gasteiger partial charge on any atom is 0.0227 e. The Morgan fingerprint density at radius 1 is 0.750 bits per heavy atom. The summed E-state index contributed by atoms with van der Waals surface area (Å²) in [5, 5.41) is 0. The molecule has 3 aliphatic heterocycles. The molecule has 0 spiro atoms. The van der Waals surface area contributed by atoms with Crippen LogP contribution in [0.1, 0.15) is 26.7 Å². The number of likely N-dealkylation sites (N-methyl/N-ethyl adjacent to an activating group) is 4. The normalized spacial score (nSPS) is 33.0. The molecule has 3 saturated heterocycles. The molecule has 2 atom stereocenters. The highest BCUT2D eigenvalue weighted by atomic mass is 15.3. The number of hydrogen-bond acceptors (Lipinski definition) is 4. The summed E-state index contributed by atoms with van der Waals surface area (Å²) in [4.78, 5) is 10.0. The quantitative estimate of drug-likeness (QED) is 0.750. The second-order valence-corrected chi connectivity index (χ2v) is 6.67. The van der Waals surface area contributed by atoms with E-state index in [1.54, 1.807) is 0 Å². The summed E-state index contributed by atoms with van der Waals surface area (Å²) in [6.07, 6.45) is 2.87. The molecule has 0 amide bonds. The first kappa shape index (κ1) is 16.2. The van der Waals surface area contributed by atoms with Gasteiger partial charge in [-0.15, -0.1) is 0 Å².